The van der Waals surface area contributed by atoms with Crippen LogP contribution < -0.4 is 20.3 Å². The largest absolute Gasteiger partial charge is 0.491 e. The van der Waals surface area contributed by atoms with Gasteiger partial charge < -0.3 is 25.0 Å². The van der Waals surface area contributed by atoms with Gasteiger partial charge in [0.05, 0.1) is 12.6 Å². The van der Waals surface area contributed by atoms with Crippen LogP contribution in [0.2, 0.25) is 0 Å². The van der Waals surface area contributed by atoms with Crippen LogP contribution in [-0.2, 0) is 14.3 Å². The zero-order chi connectivity index (χ0) is 22.3. The van der Waals surface area contributed by atoms with Gasteiger partial charge in [-0.2, -0.15) is 0 Å². The molecule has 2 aromatic rings. The van der Waals surface area contributed by atoms with Gasteiger partial charge in [0.1, 0.15) is 12.4 Å². The minimum atomic E-state index is -0.354. The quantitative estimate of drug-likeness (QED) is 0.662. The molecule has 8 nitrogen and oxygen atoms in total. The van der Waals surface area contributed by atoms with E-state index in [0.29, 0.717) is 36.6 Å². The fraction of sp³-hybridized carbons (Fsp3) is 0.375. The van der Waals surface area contributed by atoms with Crippen molar-refractivity contribution in [2.24, 2.45) is 0 Å². The third kappa shape index (κ3) is 5.64. The van der Waals surface area contributed by atoms with Gasteiger partial charge in [-0.3, -0.25) is 14.4 Å². The molecule has 2 heterocycles. The lowest BCUT2D eigenvalue weighted by Gasteiger charge is -2.15. The fourth-order valence-electron chi connectivity index (χ4n) is 3.81. The van der Waals surface area contributed by atoms with E-state index in [-0.39, 0.29) is 30.4 Å². The van der Waals surface area contributed by atoms with Gasteiger partial charge in [0.15, 0.2) is 0 Å². The molecule has 2 aliphatic rings. The molecule has 3 amide bonds. The van der Waals surface area contributed by atoms with Crippen LogP contribution in [0.25, 0.3) is 0 Å². The van der Waals surface area contributed by atoms with Crippen molar-refractivity contribution in [3.05, 3.63) is 54.1 Å². The lowest BCUT2D eigenvalue weighted by atomic mass is 10.2. The van der Waals surface area contributed by atoms with Crippen molar-refractivity contribution >= 4 is 29.1 Å². The van der Waals surface area contributed by atoms with E-state index in [2.05, 4.69) is 10.6 Å². The van der Waals surface area contributed by atoms with Crippen LogP contribution in [0.3, 0.4) is 0 Å². The molecular formula is C24H27N3O5. The number of carbonyl (C=O) groups is 3. The van der Waals surface area contributed by atoms with E-state index < -0.39 is 0 Å². The number of carbonyl (C=O) groups excluding carboxylic acids is 3. The summed E-state index contributed by atoms with van der Waals surface area (Å²) >= 11 is 0. The smallest absolute Gasteiger partial charge is 0.251 e. The number of rotatable bonds is 8. The number of nitrogens with one attached hydrogen (secondary N) is 2. The maximum atomic E-state index is 12.4. The molecule has 2 aliphatic heterocycles. The maximum absolute atomic E-state index is 12.4. The van der Waals surface area contributed by atoms with E-state index in [1.54, 1.807) is 47.4 Å². The lowest BCUT2D eigenvalue weighted by Crippen LogP contribution is -2.32. The molecule has 0 radical (unpaired) electrons. The van der Waals surface area contributed by atoms with Gasteiger partial charge >= 0.3 is 0 Å². The second-order valence-corrected chi connectivity index (χ2v) is 7.90. The Morgan fingerprint density at radius 2 is 1.97 bits per heavy atom. The van der Waals surface area contributed by atoms with Crippen LogP contribution in [0.15, 0.2) is 48.5 Å². The Morgan fingerprint density at radius 1 is 1.12 bits per heavy atom. The maximum Gasteiger partial charge on any atom is 0.251 e. The molecule has 2 aromatic carbocycles. The number of ether oxygens (including phenoxy) is 2. The van der Waals surface area contributed by atoms with Gasteiger partial charge in [-0.05, 0) is 55.7 Å². The second kappa shape index (κ2) is 10.3. The summed E-state index contributed by atoms with van der Waals surface area (Å²) in [5.41, 5.74) is 1.80. The number of hydrogen-bond donors (Lipinski definition) is 2. The Hall–Kier alpha value is -3.39. The van der Waals surface area contributed by atoms with Crippen LogP contribution >= 0.6 is 0 Å². The number of hydrogen-bond acceptors (Lipinski definition) is 5. The summed E-state index contributed by atoms with van der Waals surface area (Å²) in [5, 5.41) is 5.37. The van der Waals surface area contributed by atoms with Crippen molar-refractivity contribution in [2.45, 2.75) is 31.8 Å². The molecule has 1 unspecified atom stereocenters. The average molecular weight is 437 g/mol. The third-order valence-electron chi connectivity index (χ3n) is 5.50. The summed E-state index contributed by atoms with van der Waals surface area (Å²) in [6.07, 6.45) is 3.57. The molecule has 2 saturated heterocycles. The summed E-state index contributed by atoms with van der Waals surface area (Å²) in [6.45, 7) is 1.80. The van der Waals surface area contributed by atoms with Crippen molar-refractivity contribution in [3.8, 4) is 5.75 Å². The summed E-state index contributed by atoms with van der Waals surface area (Å²) in [4.78, 5) is 38.2. The first-order valence-electron chi connectivity index (χ1n) is 10.9. The monoisotopic (exact) mass is 437 g/mol. The molecule has 0 aromatic heterocycles. The molecule has 32 heavy (non-hydrogen) atoms. The molecular weight excluding hydrogens is 410 g/mol. The molecule has 8 heteroatoms. The molecule has 4 rings (SSSR count). The third-order valence-corrected chi connectivity index (χ3v) is 5.50. The van der Waals surface area contributed by atoms with Gasteiger partial charge in [-0.1, -0.05) is 6.07 Å². The van der Waals surface area contributed by atoms with Gasteiger partial charge in [0, 0.05) is 42.6 Å². The Kier molecular flexibility index (Phi) is 7.01. The highest BCUT2D eigenvalue weighted by Gasteiger charge is 2.21. The Bertz CT molecular complexity index is 970. The SMILES string of the molecule is O=C(CNC(=O)c1ccc(N2CCCC2=O)cc1)Nc1cccc(OCC2CCCO2)c1. The zero-order valence-electron chi connectivity index (χ0n) is 17.8. The Balaban J connectivity index is 1.24. The van der Waals surface area contributed by atoms with Gasteiger partial charge in [0.25, 0.3) is 5.91 Å². The van der Waals surface area contributed by atoms with Gasteiger partial charge in [0.2, 0.25) is 11.8 Å². The van der Waals surface area contributed by atoms with E-state index in [9.17, 15) is 14.4 Å². The zero-order valence-corrected chi connectivity index (χ0v) is 17.8. The predicted octanol–water partition coefficient (Wildman–Crippen LogP) is 2.74. The highest BCUT2D eigenvalue weighted by Crippen LogP contribution is 2.22. The van der Waals surface area contributed by atoms with Crippen LogP contribution in [0.5, 0.6) is 5.75 Å². The molecule has 2 N–H and O–H groups in total. The van der Waals surface area contributed by atoms with Crippen molar-refractivity contribution < 1.29 is 23.9 Å². The van der Waals surface area contributed by atoms with Crippen LogP contribution in [0.1, 0.15) is 36.0 Å². The standard InChI is InChI=1S/C24H27N3O5/c28-22(26-18-4-1-5-20(14-18)32-16-21-6-3-13-31-21)15-25-24(30)17-8-10-19(11-9-17)27-12-2-7-23(27)29/h1,4-5,8-11,14,21H,2-3,6-7,12-13,15-16H2,(H,25,30)(H,26,28). The van der Waals surface area contributed by atoms with Crippen LogP contribution in [0.4, 0.5) is 11.4 Å². The molecule has 1 atom stereocenters. The number of benzene rings is 2. The number of anilines is 2. The molecule has 0 spiro atoms. The summed E-state index contributed by atoms with van der Waals surface area (Å²) < 4.78 is 11.3. The average Bonchev–Trinajstić information content (AvgIpc) is 3.48. The van der Waals surface area contributed by atoms with Crippen molar-refractivity contribution in [1.82, 2.24) is 5.32 Å². The molecule has 168 valence electrons. The van der Waals surface area contributed by atoms with E-state index >= 15 is 0 Å². The van der Waals surface area contributed by atoms with E-state index in [4.69, 9.17) is 9.47 Å². The van der Waals surface area contributed by atoms with Crippen LogP contribution in [-0.4, -0.2) is 50.1 Å². The second-order valence-electron chi connectivity index (χ2n) is 7.90. The summed E-state index contributed by atoms with van der Waals surface area (Å²) in [7, 11) is 0. The summed E-state index contributed by atoms with van der Waals surface area (Å²) in [5.74, 6) is 0.0566. The first kappa shape index (κ1) is 21.8. The fourth-order valence-corrected chi connectivity index (χ4v) is 3.81. The van der Waals surface area contributed by atoms with E-state index in [1.165, 1.54) is 0 Å². The highest BCUT2D eigenvalue weighted by atomic mass is 16.5. The van der Waals surface area contributed by atoms with E-state index in [0.717, 1.165) is 31.6 Å². The molecule has 0 aliphatic carbocycles. The molecule has 0 bridgehead atoms. The minimum Gasteiger partial charge on any atom is -0.491 e. The van der Waals surface area contributed by atoms with Gasteiger partial charge in [-0.25, -0.2) is 0 Å². The lowest BCUT2D eigenvalue weighted by molar-refractivity contribution is -0.117. The number of nitrogens with zero attached hydrogens (tertiary/aromatic N) is 1. The normalized spacial score (nSPS) is 17.9. The van der Waals surface area contributed by atoms with Gasteiger partial charge in [-0.15, -0.1) is 0 Å². The van der Waals surface area contributed by atoms with Crippen molar-refractivity contribution in [2.75, 3.05) is 36.5 Å². The first-order chi connectivity index (χ1) is 15.6. The minimum absolute atomic E-state index is 0.0974. The first-order valence-corrected chi connectivity index (χ1v) is 10.9. The molecule has 2 fully saturated rings. The number of amides is 3. The topological polar surface area (TPSA) is 97.0 Å². The Labute approximate surface area is 186 Å². The van der Waals surface area contributed by atoms with Crippen molar-refractivity contribution in [1.29, 1.82) is 0 Å². The predicted molar refractivity (Wildman–Crippen MR) is 120 cm³/mol. The highest BCUT2D eigenvalue weighted by molar-refractivity contribution is 6.00. The van der Waals surface area contributed by atoms with E-state index in [1.807, 2.05) is 6.07 Å². The van der Waals surface area contributed by atoms with Crippen molar-refractivity contribution in [3.63, 3.8) is 0 Å². The Morgan fingerprint density at radius 3 is 2.69 bits per heavy atom. The molecule has 0 saturated carbocycles. The van der Waals surface area contributed by atoms with Crippen LogP contribution in [0, 0.1) is 0 Å². The summed E-state index contributed by atoms with van der Waals surface area (Å²) in [6, 6.07) is 13.9.